The van der Waals surface area contributed by atoms with Crippen molar-refractivity contribution >= 4 is 23.3 Å². The molecule has 0 aliphatic carbocycles. The quantitative estimate of drug-likeness (QED) is 0.636. The molecule has 1 aromatic heterocycles. The summed E-state index contributed by atoms with van der Waals surface area (Å²) in [6.07, 6.45) is 5.30. The van der Waals surface area contributed by atoms with Gasteiger partial charge in [-0.25, -0.2) is 0 Å². The van der Waals surface area contributed by atoms with Crippen molar-refractivity contribution in [2.45, 2.75) is 39.0 Å². The number of carbonyl (C=O) groups excluding carboxylic acids is 2. The number of aryl methyl sites for hydroxylation is 1. The largest absolute Gasteiger partial charge is 0.396 e. The number of amides is 2. The van der Waals surface area contributed by atoms with E-state index in [4.69, 9.17) is 5.11 Å². The summed E-state index contributed by atoms with van der Waals surface area (Å²) in [6.45, 7) is 1.91. The van der Waals surface area contributed by atoms with Gasteiger partial charge < -0.3 is 20.3 Å². The molecule has 0 aliphatic heterocycles. The van der Waals surface area contributed by atoms with Gasteiger partial charge in [-0.1, -0.05) is 19.8 Å². The summed E-state index contributed by atoms with van der Waals surface area (Å²) >= 11 is 0. The van der Waals surface area contributed by atoms with E-state index in [1.165, 1.54) is 0 Å². The normalized spacial score (nSPS) is 10.3. The molecule has 0 radical (unpaired) electrons. The molecule has 6 heteroatoms. The maximum absolute atomic E-state index is 11.7. The van der Waals surface area contributed by atoms with Crippen molar-refractivity contribution in [3.63, 3.8) is 0 Å². The van der Waals surface area contributed by atoms with Crippen LogP contribution >= 0.6 is 0 Å². The minimum Gasteiger partial charge on any atom is -0.396 e. The van der Waals surface area contributed by atoms with Crippen molar-refractivity contribution in [2.75, 3.05) is 17.2 Å². The topological polar surface area (TPSA) is 83.4 Å². The number of nitrogens with one attached hydrogen (secondary N) is 2. The number of rotatable bonds is 8. The molecular weight excluding hydrogens is 258 g/mol. The van der Waals surface area contributed by atoms with E-state index in [1.54, 1.807) is 23.9 Å². The number of hydrogen-bond acceptors (Lipinski definition) is 3. The Bertz CT molecular complexity index is 455. The Balaban J connectivity index is 2.52. The van der Waals surface area contributed by atoms with Gasteiger partial charge in [-0.3, -0.25) is 9.59 Å². The predicted molar refractivity (Wildman–Crippen MR) is 78.5 cm³/mol. The van der Waals surface area contributed by atoms with Crippen LogP contribution in [0.2, 0.25) is 0 Å². The maximum atomic E-state index is 11.7. The highest BCUT2D eigenvalue weighted by atomic mass is 16.3. The highest BCUT2D eigenvalue weighted by molar-refractivity contribution is 5.93. The van der Waals surface area contributed by atoms with Gasteiger partial charge in [0.05, 0.1) is 18.7 Å². The summed E-state index contributed by atoms with van der Waals surface area (Å²) in [7, 11) is 1.79. The van der Waals surface area contributed by atoms with E-state index < -0.39 is 0 Å². The molecule has 112 valence electrons. The van der Waals surface area contributed by atoms with Crippen LogP contribution in [0.25, 0.3) is 0 Å². The second-order valence-electron chi connectivity index (χ2n) is 4.75. The molecule has 0 bridgehead atoms. The number of anilines is 2. The standard InChI is InChI=1S/C14H23N3O3/c1-3-4-5-6-13(19)16-12-9-11(10-17(12)2)15-14(20)7-8-18/h9-10,18H,3-8H2,1-2H3,(H,15,20)(H,16,19). The number of unbranched alkanes of at least 4 members (excludes halogenated alkanes) is 2. The van der Waals surface area contributed by atoms with E-state index in [0.29, 0.717) is 17.9 Å². The predicted octanol–water partition coefficient (Wildman–Crippen LogP) is 1.86. The lowest BCUT2D eigenvalue weighted by Crippen LogP contribution is -2.13. The first-order valence-corrected chi connectivity index (χ1v) is 6.93. The summed E-state index contributed by atoms with van der Waals surface area (Å²) in [5, 5.41) is 14.1. The minimum atomic E-state index is -0.251. The summed E-state index contributed by atoms with van der Waals surface area (Å²) in [5.41, 5.74) is 0.606. The molecule has 0 saturated carbocycles. The summed E-state index contributed by atoms with van der Waals surface area (Å²) in [5.74, 6) is 0.373. The Hall–Kier alpha value is -1.82. The Morgan fingerprint density at radius 3 is 2.55 bits per heavy atom. The van der Waals surface area contributed by atoms with E-state index in [9.17, 15) is 9.59 Å². The van der Waals surface area contributed by atoms with Gasteiger partial charge in [-0.15, -0.1) is 0 Å². The minimum absolute atomic E-state index is 0.0205. The van der Waals surface area contributed by atoms with Crippen LogP contribution in [0.4, 0.5) is 11.5 Å². The molecule has 0 aliphatic rings. The molecule has 0 saturated heterocycles. The van der Waals surface area contributed by atoms with Crippen molar-refractivity contribution in [1.82, 2.24) is 4.57 Å². The van der Waals surface area contributed by atoms with Gasteiger partial charge in [0.1, 0.15) is 5.82 Å². The molecule has 1 rings (SSSR count). The second kappa shape index (κ2) is 8.37. The van der Waals surface area contributed by atoms with Crippen LogP contribution in [-0.2, 0) is 16.6 Å². The van der Waals surface area contributed by atoms with Crippen LogP contribution in [0, 0.1) is 0 Å². The van der Waals surface area contributed by atoms with Gasteiger partial charge >= 0.3 is 0 Å². The van der Waals surface area contributed by atoms with E-state index in [2.05, 4.69) is 17.6 Å². The third-order valence-electron chi connectivity index (χ3n) is 2.90. The van der Waals surface area contributed by atoms with E-state index >= 15 is 0 Å². The molecule has 0 spiro atoms. The first-order chi connectivity index (χ1) is 9.56. The fraction of sp³-hybridized carbons (Fsp3) is 0.571. The number of aliphatic hydroxyl groups excluding tert-OH is 1. The van der Waals surface area contributed by atoms with E-state index in [0.717, 1.165) is 19.3 Å². The lowest BCUT2D eigenvalue weighted by atomic mass is 10.2. The molecule has 2 amide bonds. The van der Waals surface area contributed by atoms with Gasteiger partial charge in [0.25, 0.3) is 0 Å². The number of aromatic nitrogens is 1. The van der Waals surface area contributed by atoms with Crippen molar-refractivity contribution in [1.29, 1.82) is 0 Å². The number of carbonyl (C=O) groups is 2. The summed E-state index contributed by atoms with van der Waals surface area (Å²) in [6, 6.07) is 1.70. The molecule has 6 nitrogen and oxygen atoms in total. The summed E-state index contributed by atoms with van der Waals surface area (Å²) in [4.78, 5) is 23.1. The first kappa shape index (κ1) is 16.2. The van der Waals surface area contributed by atoms with Gasteiger partial charge in [-0.05, 0) is 6.42 Å². The van der Waals surface area contributed by atoms with Gasteiger partial charge in [0.2, 0.25) is 11.8 Å². The SMILES string of the molecule is CCCCCC(=O)Nc1cc(NC(=O)CCO)cn1C. The van der Waals surface area contributed by atoms with E-state index in [1.807, 2.05) is 0 Å². The maximum Gasteiger partial charge on any atom is 0.226 e. The molecule has 20 heavy (non-hydrogen) atoms. The third-order valence-corrected chi connectivity index (χ3v) is 2.90. The molecule has 0 unspecified atom stereocenters. The fourth-order valence-corrected chi connectivity index (χ4v) is 1.82. The smallest absolute Gasteiger partial charge is 0.226 e. The number of aliphatic hydroxyl groups is 1. The molecule has 0 fully saturated rings. The number of nitrogens with zero attached hydrogens (tertiary/aromatic N) is 1. The zero-order valence-corrected chi connectivity index (χ0v) is 12.1. The lowest BCUT2D eigenvalue weighted by molar-refractivity contribution is -0.117. The molecule has 1 heterocycles. The average molecular weight is 281 g/mol. The monoisotopic (exact) mass is 281 g/mol. The Kier molecular flexibility index (Phi) is 6.79. The first-order valence-electron chi connectivity index (χ1n) is 6.93. The van der Waals surface area contributed by atoms with Gasteiger partial charge in [0, 0.05) is 25.7 Å². The Morgan fingerprint density at radius 2 is 1.90 bits per heavy atom. The van der Waals surface area contributed by atoms with Gasteiger partial charge in [-0.2, -0.15) is 0 Å². The average Bonchev–Trinajstić information content (AvgIpc) is 2.70. The van der Waals surface area contributed by atoms with Crippen molar-refractivity contribution in [2.24, 2.45) is 7.05 Å². The zero-order valence-electron chi connectivity index (χ0n) is 12.1. The van der Waals surface area contributed by atoms with Crippen LogP contribution in [0.5, 0.6) is 0 Å². The van der Waals surface area contributed by atoms with Crippen molar-refractivity contribution < 1.29 is 14.7 Å². The Labute approximate surface area is 119 Å². The molecular formula is C14H23N3O3. The second-order valence-corrected chi connectivity index (χ2v) is 4.75. The molecule has 3 N–H and O–H groups in total. The van der Waals surface area contributed by atoms with Crippen LogP contribution in [-0.4, -0.2) is 28.1 Å². The molecule has 0 aromatic carbocycles. The van der Waals surface area contributed by atoms with Crippen molar-refractivity contribution in [3.8, 4) is 0 Å². The number of hydrogen-bond donors (Lipinski definition) is 3. The van der Waals surface area contributed by atoms with E-state index in [-0.39, 0.29) is 24.8 Å². The van der Waals surface area contributed by atoms with Crippen LogP contribution in [0.3, 0.4) is 0 Å². The molecule has 1 aromatic rings. The van der Waals surface area contributed by atoms with Crippen LogP contribution in [0.1, 0.15) is 39.0 Å². The highest BCUT2D eigenvalue weighted by Gasteiger charge is 2.09. The van der Waals surface area contributed by atoms with Crippen LogP contribution < -0.4 is 10.6 Å². The lowest BCUT2D eigenvalue weighted by Gasteiger charge is -2.05. The zero-order chi connectivity index (χ0) is 15.0. The fourth-order valence-electron chi connectivity index (χ4n) is 1.82. The highest BCUT2D eigenvalue weighted by Crippen LogP contribution is 2.18. The summed E-state index contributed by atoms with van der Waals surface area (Å²) < 4.78 is 1.74. The third kappa shape index (κ3) is 5.44. The van der Waals surface area contributed by atoms with Crippen LogP contribution in [0.15, 0.2) is 12.3 Å². The van der Waals surface area contributed by atoms with Gasteiger partial charge in [0.15, 0.2) is 0 Å². The molecule has 0 atom stereocenters. The Morgan fingerprint density at radius 1 is 1.20 bits per heavy atom. The van der Waals surface area contributed by atoms with Crippen molar-refractivity contribution in [3.05, 3.63) is 12.3 Å².